The molecule has 0 saturated carbocycles. The number of rotatable bonds is 3. The van der Waals surface area contributed by atoms with E-state index in [1.54, 1.807) is 11.3 Å². The lowest BCUT2D eigenvalue weighted by Crippen LogP contribution is -2.33. The highest BCUT2D eigenvalue weighted by Crippen LogP contribution is 2.32. The summed E-state index contributed by atoms with van der Waals surface area (Å²) in [6.45, 7) is 4.88. The minimum Gasteiger partial charge on any atom is -0.338 e. The van der Waals surface area contributed by atoms with Gasteiger partial charge in [0.15, 0.2) is 0 Å². The molecule has 0 aliphatic carbocycles. The van der Waals surface area contributed by atoms with E-state index in [9.17, 15) is 4.79 Å². The van der Waals surface area contributed by atoms with Crippen molar-refractivity contribution in [1.29, 1.82) is 0 Å². The second-order valence-corrected chi connectivity index (χ2v) is 7.04. The number of carbonyl (C=O) groups is 1. The van der Waals surface area contributed by atoms with E-state index in [1.165, 1.54) is 0 Å². The Labute approximate surface area is 134 Å². The molecule has 4 nitrogen and oxygen atoms in total. The molecule has 0 unspecified atom stereocenters. The highest BCUT2D eigenvalue weighted by molar-refractivity contribution is 7.08. The van der Waals surface area contributed by atoms with Gasteiger partial charge in [-0.15, -0.1) is 0 Å². The van der Waals surface area contributed by atoms with E-state index in [-0.39, 0.29) is 5.91 Å². The zero-order chi connectivity index (χ0) is 14.9. The van der Waals surface area contributed by atoms with Gasteiger partial charge in [-0.05, 0) is 35.4 Å². The summed E-state index contributed by atoms with van der Waals surface area (Å²) in [7, 11) is 0. The Morgan fingerprint density at radius 1 is 1.18 bits per heavy atom. The summed E-state index contributed by atoms with van der Waals surface area (Å²) in [6, 6.07) is 8.01. The van der Waals surface area contributed by atoms with Crippen molar-refractivity contribution in [3.8, 4) is 0 Å². The summed E-state index contributed by atoms with van der Waals surface area (Å²) in [6.07, 6.45) is 1.85. The molecule has 22 heavy (non-hydrogen) atoms. The molecule has 114 valence electrons. The van der Waals surface area contributed by atoms with E-state index in [4.69, 9.17) is 0 Å². The lowest BCUT2D eigenvalue weighted by Gasteiger charge is -2.21. The van der Waals surface area contributed by atoms with Gasteiger partial charge in [0.05, 0.1) is 11.3 Å². The second kappa shape index (κ2) is 5.82. The quantitative estimate of drug-likeness (QED) is 0.873. The van der Waals surface area contributed by atoms with Crippen LogP contribution in [-0.2, 0) is 6.54 Å². The van der Waals surface area contributed by atoms with E-state index in [1.807, 2.05) is 40.1 Å². The smallest absolute Gasteiger partial charge is 0.254 e. The van der Waals surface area contributed by atoms with Crippen LogP contribution in [-0.4, -0.2) is 46.9 Å². The summed E-state index contributed by atoms with van der Waals surface area (Å²) in [4.78, 5) is 21.3. The number of pyridine rings is 1. The molecule has 0 aromatic carbocycles. The van der Waals surface area contributed by atoms with Crippen molar-refractivity contribution in [1.82, 2.24) is 14.8 Å². The van der Waals surface area contributed by atoms with Crippen LogP contribution < -0.4 is 0 Å². The second-order valence-electron chi connectivity index (χ2n) is 6.26. The molecule has 2 fully saturated rings. The van der Waals surface area contributed by atoms with Crippen molar-refractivity contribution in [2.24, 2.45) is 11.8 Å². The third kappa shape index (κ3) is 2.66. The predicted octanol–water partition coefficient (Wildman–Crippen LogP) is 2.35. The number of hydrogen-bond donors (Lipinski definition) is 0. The number of aromatic nitrogens is 1. The van der Waals surface area contributed by atoms with Crippen LogP contribution in [0.3, 0.4) is 0 Å². The van der Waals surface area contributed by atoms with Gasteiger partial charge >= 0.3 is 0 Å². The van der Waals surface area contributed by atoms with Crippen molar-refractivity contribution in [2.75, 3.05) is 26.2 Å². The van der Waals surface area contributed by atoms with Crippen molar-refractivity contribution in [3.63, 3.8) is 0 Å². The maximum atomic E-state index is 12.4. The average molecular weight is 313 g/mol. The first-order valence-electron chi connectivity index (χ1n) is 7.73. The fourth-order valence-corrected chi connectivity index (χ4v) is 4.30. The molecule has 0 bridgehead atoms. The number of nitrogens with zero attached hydrogens (tertiary/aromatic N) is 3. The molecular formula is C17H19N3OS. The normalized spacial score (nSPS) is 24.6. The van der Waals surface area contributed by atoms with Crippen LogP contribution in [0.5, 0.6) is 0 Å². The molecule has 4 heterocycles. The number of thiophene rings is 1. The van der Waals surface area contributed by atoms with Crippen LogP contribution in [0.1, 0.15) is 16.1 Å². The lowest BCUT2D eigenvalue weighted by atomic mass is 10.0. The van der Waals surface area contributed by atoms with Crippen LogP contribution in [0.15, 0.2) is 41.2 Å². The van der Waals surface area contributed by atoms with Gasteiger partial charge in [-0.2, -0.15) is 11.3 Å². The first kappa shape index (κ1) is 13.9. The Kier molecular flexibility index (Phi) is 3.68. The Balaban J connectivity index is 1.36. The molecule has 2 aromatic rings. The fraction of sp³-hybridized carbons (Fsp3) is 0.412. The van der Waals surface area contributed by atoms with Crippen LogP contribution in [0.25, 0.3) is 0 Å². The molecule has 2 atom stereocenters. The number of amides is 1. The molecule has 4 rings (SSSR count). The molecule has 5 heteroatoms. The molecule has 2 aliphatic heterocycles. The topological polar surface area (TPSA) is 36.4 Å². The summed E-state index contributed by atoms with van der Waals surface area (Å²) >= 11 is 1.59. The molecular weight excluding hydrogens is 294 g/mol. The Bertz CT molecular complexity index is 629. The zero-order valence-electron chi connectivity index (χ0n) is 12.4. The van der Waals surface area contributed by atoms with Gasteiger partial charge in [0, 0.05) is 44.3 Å². The average Bonchev–Trinajstić information content (AvgIpc) is 3.23. The minimum absolute atomic E-state index is 0.201. The molecule has 1 amide bonds. The summed E-state index contributed by atoms with van der Waals surface area (Å²) in [5, 5.41) is 3.92. The van der Waals surface area contributed by atoms with Crippen LogP contribution in [0.4, 0.5) is 0 Å². The summed E-state index contributed by atoms with van der Waals surface area (Å²) < 4.78 is 0. The third-order valence-corrected chi connectivity index (χ3v) is 5.41. The molecule has 2 saturated heterocycles. The number of likely N-dealkylation sites (tertiary alicyclic amines) is 2. The number of fused-ring (bicyclic) bond motifs is 1. The monoisotopic (exact) mass is 313 g/mol. The summed E-state index contributed by atoms with van der Waals surface area (Å²) in [5.74, 6) is 1.43. The molecule has 0 N–H and O–H groups in total. The van der Waals surface area contributed by atoms with E-state index in [0.717, 1.165) is 44.0 Å². The van der Waals surface area contributed by atoms with E-state index in [2.05, 4.69) is 16.0 Å². The van der Waals surface area contributed by atoms with E-state index >= 15 is 0 Å². The minimum atomic E-state index is 0.201. The van der Waals surface area contributed by atoms with Crippen molar-refractivity contribution < 1.29 is 4.79 Å². The third-order valence-electron chi connectivity index (χ3n) is 4.73. The molecule has 0 spiro atoms. The SMILES string of the molecule is O=C(c1ccsc1)N1C[C@H]2CN(Cc3ccccn3)C[C@H]2C1. The standard InChI is InChI=1S/C17H19N3OS/c21-17(13-4-6-22-12-13)20-9-14-7-19(8-15(14)10-20)11-16-3-1-2-5-18-16/h1-6,12,14-15H,7-11H2/t14-,15+. The van der Waals surface area contributed by atoms with Crippen LogP contribution >= 0.6 is 11.3 Å². The Hall–Kier alpha value is -1.72. The largest absolute Gasteiger partial charge is 0.338 e. The van der Waals surface area contributed by atoms with Crippen LogP contribution in [0, 0.1) is 11.8 Å². The molecule has 0 radical (unpaired) electrons. The van der Waals surface area contributed by atoms with Gasteiger partial charge in [0.25, 0.3) is 5.91 Å². The fourth-order valence-electron chi connectivity index (χ4n) is 3.67. The first-order chi connectivity index (χ1) is 10.8. The maximum Gasteiger partial charge on any atom is 0.254 e. The Morgan fingerprint density at radius 2 is 2.00 bits per heavy atom. The zero-order valence-corrected chi connectivity index (χ0v) is 13.2. The maximum absolute atomic E-state index is 12.4. The Morgan fingerprint density at radius 3 is 2.64 bits per heavy atom. The van der Waals surface area contributed by atoms with Gasteiger partial charge in [-0.25, -0.2) is 0 Å². The van der Waals surface area contributed by atoms with Gasteiger partial charge < -0.3 is 4.90 Å². The summed E-state index contributed by atoms with van der Waals surface area (Å²) in [5.41, 5.74) is 1.98. The number of hydrogen-bond acceptors (Lipinski definition) is 4. The van der Waals surface area contributed by atoms with Crippen molar-refractivity contribution in [2.45, 2.75) is 6.54 Å². The molecule has 2 aromatic heterocycles. The van der Waals surface area contributed by atoms with E-state index in [0.29, 0.717) is 11.8 Å². The molecule has 2 aliphatic rings. The highest BCUT2D eigenvalue weighted by Gasteiger charge is 2.41. The van der Waals surface area contributed by atoms with Gasteiger partial charge in [-0.3, -0.25) is 14.7 Å². The van der Waals surface area contributed by atoms with Gasteiger partial charge in [0.2, 0.25) is 0 Å². The first-order valence-corrected chi connectivity index (χ1v) is 8.67. The lowest BCUT2D eigenvalue weighted by molar-refractivity contribution is 0.0774. The van der Waals surface area contributed by atoms with Gasteiger partial charge in [-0.1, -0.05) is 6.07 Å². The van der Waals surface area contributed by atoms with E-state index < -0.39 is 0 Å². The predicted molar refractivity (Wildman–Crippen MR) is 86.7 cm³/mol. The van der Waals surface area contributed by atoms with Crippen molar-refractivity contribution >= 4 is 17.2 Å². The highest BCUT2D eigenvalue weighted by atomic mass is 32.1. The number of carbonyl (C=O) groups excluding carboxylic acids is 1. The van der Waals surface area contributed by atoms with Crippen LogP contribution in [0.2, 0.25) is 0 Å². The van der Waals surface area contributed by atoms with Crippen molar-refractivity contribution in [3.05, 3.63) is 52.5 Å². The van der Waals surface area contributed by atoms with Gasteiger partial charge in [0.1, 0.15) is 0 Å².